The number of aromatic nitrogens is 5. The molecule has 1 aliphatic carbocycles. The Balaban J connectivity index is 1.50. The lowest BCUT2D eigenvalue weighted by Crippen LogP contribution is -2.26. The maximum atomic E-state index is 12.7. The summed E-state index contributed by atoms with van der Waals surface area (Å²) >= 11 is 1.24. The predicted molar refractivity (Wildman–Crippen MR) is 129 cm³/mol. The average molecular weight is 514 g/mol. The van der Waals surface area contributed by atoms with Gasteiger partial charge in [0.1, 0.15) is 10.1 Å². The molecular formula is C24H22F3N7OS. The van der Waals surface area contributed by atoms with Gasteiger partial charge >= 0.3 is 6.18 Å². The van der Waals surface area contributed by atoms with Crippen molar-refractivity contribution < 1.29 is 18.0 Å². The van der Waals surface area contributed by atoms with Gasteiger partial charge in [-0.2, -0.15) is 18.3 Å². The summed E-state index contributed by atoms with van der Waals surface area (Å²) in [5.41, 5.74) is 3.63. The molecule has 5 rings (SSSR count). The molecule has 12 heteroatoms. The van der Waals surface area contributed by atoms with Crippen molar-refractivity contribution in [2.45, 2.75) is 48.5 Å². The van der Waals surface area contributed by atoms with E-state index in [-0.39, 0.29) is 18.5 Å². The minimum Gasteiger partial charge on any atom is -0.382 e. The van der Waals surface area contributed by atoms with E-state index in [1.807, 2.05) is 19.1 Å². The summed E-state index contributed by atoms with van der Waals surface area (Å²) in [6, 6.07) is 7.37. The number of carbonyl (C=O) groups is 1. The van der Waals surface area contributed by atoms with Crippen LogP contribution in [0.4, 0.5) is 18.9 Å². The van der Waals surface area contributed by atoms with Crippen LogP contribution in [-0.2, 0) is 0 Å². The standard InChI is InChI=1S/C24H22F3N7OS/c1-14-10-15(2-5-17(14)23(35)32-16-3-4-16)19-12-31-22-18(29-7-6-24(25,26)27)11-20(33-34(19)22)36-21-13-28-8-9-30-21/h2,5,8-13,16,29H,3-4,6-7H2,1H3,(H,32,35). The van der Waals surface area contributed by atoms with Crippen LogP contribution in [0.5, 0.6) is 0 Å². The number of hydrogen-bond donors (Lipinski definition) is 2. The number of aryl methyl sites for hydroxylation is 1. The smallest absolute Gasteiger partial charge is 0.382 e. The van der Waals surface area contributed by atoms with Gasteiger partial charge in [-0.15, -0.1) is 0 Å². The van der Waals surface area contributed by atoms with Crippen molar-refractivity contribution >= 4 is 29.0 Å². The molecule has 3 aromatic heterocycles. The van der Waals surface area contributed by atoms with Gasteiger partial charge in [-0.25, -0.2) is 14.5 Å². The number of benzene rings is 1. The Morgan fingerprint density at radius 2 is 1.97 bits per heavy atom. The normalized spacial score (nSPS) is 13.7. The van der Waals surface area contributed by atoms with Gasteiger partial charge < -0.3 is 10.6 Å². The third kappa shape index (κ3) is 5.59. The first kappa shape index (κ1) is 24.0. The first-order valence-corrected chi connectivity index (χ1v) is 12.1. The third-order valence-corrected chi connectivity index (χ3v) is 6.43. The van der Waals surface area contributed by atoms with Crippen LogP contribution in [0.2, 0.25) is 0 Å². The van der Waals surface area contributed by atoms with Gasteiger partial charge in [-0.05, 0) is 55.3 Å². The molecule has 0 bridgehead atoms. The van der Waals surface area contributed by atoms with Crippen LogP contribution in [0.3, 0.4) is 0 Å². The minimum absolute atomic E-state index is 0.100. The van der Waals surface area contributed by atoms with Crippen molar-refractivity contribution in [3.8, 4) is 11.3 Å². The molecule has 186 valence electrons. The summed E-state index contributed by atoms with van der Waals surface area (Å²) in [5.74, 6) is -0.100. The molecule has 1 fully saturated rings. The van der Waals surface area contributed by atoms with Crippen LogP contribution in [0.1, 0.15) is 35.2 Å². The van der Waals surface area contributed by atoms with E-state index >= 15 is 0 Å². The number of nitrogens with one attached hydrogen (secondary N) is 2. The van der Waals surface area contributed by atoms with Crippen molar-refractivity contribution in [2.75, 3.05) is 11.9 Å². The number of alkyl halides is 3. The van der Waals surface area contributed by atoms with Crippen LogP contribution < -0.4 is 10.6 Å². The molecule has 1 aromatic carbocycles. The summed E-state index contributed by atoms with van der Waals surface area (Å²) < 4.78 is 39.8. The van der Waals surface area contributed by atoms with Gasteiger partial charge in [0, 0.05) is 36.1 Å². The lowest BCUT2D eigenvalue weighted by molar-refractivity contribution is -0.131. The van der Waals surface area contributed by atoms with Gasteiger partial charge in [0.25, 0.3) is 5.91 Å². The van der Waals surface area contributed by atoms with Gasteiger partial charge in [-0.3, -0.25) is 9.78 Å². The van der Waals surface area contributed by atoms with E-state index in [2.05, 4.69) is 30.7 Å². The molecular weight excluding hydrogens is 491 g/mol. The number of amides is 1. The van der Waals surface area contributed by atoms with E-state index in [4.69, 9.17) is 0 Å². The summed E-state index contributed by atoms with van der Waals surface area (Å²) in [6.45, 7) is 1.56. The molecule has 0 unspecified atom stereocenters. The average Bonchev–Trinajstić information content (AvgIpc) is 3.54. The van der Waals surface area contributed by atoms with Crippen LogP contribution in [-0.4, -0.2) is 49.2 Å². The summed E-state index contributed by atoms with van der Waals surface area (Å²) in [4.78, 5) is 25.2. The zero-order valence-corrected chi connectivity index (χ0v) is 20.0. The van der Waals surface area contributed by atoms with Gasteiger partial charge in [-0.1, -0.05) is 6.07 Å². The minimum atomic E-state index is -4.28. The Bertz CT molecular complexity index is 1400. The van der Waals surface area contributed by atoms with Crippen molar-refractivity contribution in [1.82, 2.24) is 29.9 Å². The second-order valence-electron chi connectivity index (χ2n) is 8.49. The summed E-state index contributed by atoms with van der Waals surface area (Å²) in [6.07, 6.45) is 3.05. The monoisotopic (exact) mass is 513 g/mol. The van der Waals surface area contributed by atoms with Crippen molar-refractivity contribution in [3.05, 3.63) is 60.2 Å². The Labute approximate surface area is 208 Å². The van der Waals surface area contributed by atoms with Gasteiger partial charge in [0.05, 0.1) is 30.2 Å². The Morgan fingerprint density at radius 1 is 1.14 bits per heavy atom. The predicted octanol–water partition coefficient (Wildman–Crippen LogP) is 4.90. The van der Waals surface area contributed by atoms with E-state index in [9.17, 15) is 18.0 Å². The highest BCUT2D eigenvalue weighted by Crippen LogP contribution is 2.31. The first-order chi connectivity index (χ1) is 17.3. The van der Waals surface area contributed by atoms with Crippen molar-refractivity contribution in [2.24, 2.45) is 0 Å². The zero-order valence-electron chi connectivity index (χ0n) is 19.2. The Kier molecular flexibility index (Phi) is 6.52. The molecule has 2 N–H and O–H groups in total. The molecule has 0 atom stereocenters. The Morgan fingerprint density at radius 3 is 2.67 bits per heavy atom. The highest BCUT2D eigenvalue weighted by atomic mass is 32.2. The quantitative estimate of drug-likeness (QED) is 0.346. The number of nitrogens with zero attached hydrogens (tertiary/aromatic N) is 5. The van der Waals surface area contributed by atoms with Crippen LogP contribution >= 0.6 is 11.8 Å². The molecule has 0 spiro atoms. The van der Waals surface area contributed by atoms with E-state index in [1.54, 1.807) is 41.4 Å². The highest BCUT2D eigenvalue weighted by Gasteiger charge is 2.27. The van der Waals surface area contributed by atoms with E-state index < -0.39 is 12.6 Å². The topological polar surface area (TPSA) is 97.1 Å². The SMILES string of the molecule is Cc1cc(-c2cnc3c(NCCC(F)(F)F)cc(Sc4cnccn4)nn23)ccc1C(=O)NC1CC1. The molecule has 0 saturated heterocycles. The van der Waals surface area contributed by atoms with Crippen molar-refractivity contribution in [3.63, 3.8) is 0 Å². The molecule has 3 heterocycles. The summed E-state index contributed by atoms with van der Waals surface area (Å²) in [5, 5.41) is 11.6. The number of rotatable bonds is 8. The number of hydrogen-bond acceptors (Lipinski definition) is 7. The molecule has 1 aliphatic rings. The fourth-order valence-corrected chi connectivity index (χ4v) is 4.42. The van der Waals surface area contributed by atoms with E-state index in [0.29, 0.717) is 32.6 Å². The fraction of sp³-hybridized carbons (Fsp3) is 0.292. The van der Waals surface area contributed by atoms with E-state index in [0.717, 1.165) is 24.0 Å². The summed E-state index contributed by atoms with van der Waals surface area (Å²) in [7, 11) is 0. The molecule has 8 nitrogen and oxygen atoms in total. The first-order valence-electron chi connectivity index (χ1n) is 11.3. The second-order valence-corrected chi connectivity index (χ2v) is 9.53. The molecule has 1 saturated carbocycles. The largest absolute Gasteiger partial charge is 0.390 e. The number of carbonyl (C=O) groups excluding carboxylic acids is 1. The van der Waals surface area contributed by atoms with Crippen LogP contribution in [0.15, 0.2) is 59.1 Å². The van der Waals surface area contributed by atoms with Crippen LogP contribution in [0, 0.1) is 6.92 Å². The molecule has 0 aliphatic heterocycles. The van der Waals surface area contributed by atoms with Crippen LogP contribution in [0.25, 0.3) is 16.9 Å². The maximum absolute atomic E-state index is 12.7. The molecule has 0 radical (unpaired) electrons. The lowest BCUT2D eigenvalue weighted by Gasteiger charge is -2.12. The number of anilines is 1. The molecule has 36 heavy (non-hydrogen) atoms. The Hall–Kier alpha value is -3.67. The van der Waals surface area contributed by atoms with Crippen molar-refractivity contribution in [1.29, 1.82) is 0 Å². The molecule has 4 aromatic rings. The number of fused-ring (bicyclic) bond motifs is 1. The lowest BCUT2D eigenvalue weighted by atomic mass is 10.0. The second kappa shape index (κ2) is 9.76. The number of imidazole rings is 1. The molecule has 1 amide bonds. The van der Waals surface area contributed by atoms with Gasteiger partial charge in [0.2, 0.25) is 0 Å². The maximum Gasteiger partial charge on any atom is 0.390 e. The van der Waals surface area contributed by atoms with E-state index in [1.165, 1.54) is 11.8 Å². The van der Waals surface area contributed by atoms with Gasteiger partial charge in [0.15, 0.2) is 5.65 Å². The third-order valence-electron chi connectivity index (χ3n) is 5.60. The zero-order chi connectivity index (χ0) is 25.3. The highest BCUT2D eigenvalue weighted by molar-refractivity contribution is 7.99. The number of halogens is 3. The fourth-order valence-electron chi connectivity index (χ4n) is 3.68.